The van der Waals surface area contributed by atoms with Crippen molar-refractivity contribution >= 4 is 28.9 Å². The number of imidazole rings is 1. The van der Waals surface area contributed by atoms with E-state index in [1.807, 2.05) is 0 Å². The molecule has 0 aliphatic carbocycles. The van der Waals surface area contributed by atoms with Gasteiger partial charge >= 0.3 is 0 Å². The molecule has 0 aliphatic rings. The maximum Gasteiger partial charge on any atom is 0.151 e. The number of nitrogens with one attached hydrogen (secondary N) is 1. The first-order valence-electron chi connectivity index (χ1n) is 3.39. The zero-order valence-corrected chi connectivity index (χ0v) is 6.80. The number of nitrogens with zero attached hydrogens (tertiary/aromatic N) is 1. The van der Waals surface area contributed by atoms with Crippen LogP contribution in [0.15, 0.2) is 18.5 Å². The van der Waals surface area contributed by atoms with Crippen LogP contribution in [0.5, 0.6) is 0 Å². The van der Waals surface area contributed by atoms with Crippen LogP contribution in [0, 0.1) is 0 Å². The third-order valence-electron chi connectivity index (χ3n) is 1.67. The van der Waals surface area contributed by atoms with E-state index in [2.05, 4.69) is 9.97 Å². The minimum absolute atomic E-state index is 0.446. The van der Waals surface area contributed by atoms with Gasteiger partial charge in [0.15, 0.2) is 6.29 Å². The van der Waals surface area contributed by atoms with Crippen LogP contribution in [0.3, 0.4) is 0 Å². The van der Waals surface area contributed by atoms with Crippen molar-refractivity contribution in [2.45, 2.75) is 0 Å². The summed E-state index contributed by atoms with van der Waals surface area (Å²) in [5.74, 6) is 0. The number of hydrogen-bond acceptors (Lipinski definition) is 2. The first kappa shape index (κ1) is 7.31. The van der Waals surface area contributed by atoms with Crippen LogP contribution >= 0.6 is 11.6 Å². The normalized spacial score (nSPS) is 10.4. The standard InChI is InChI=1S/C8H5ClN2O/c9-6-2-8-7(10-4-11-8)1-5(6)3-12/h1-4H,(H,10,11). The van der Waals surface area contributed by atoms with E-state index in [4.69, 9.17) is 11.6 Å². The third kappa shape index (κ3) is 0.987. The molecule has 0 fully saturated rings. The lowest BCUT2D eigenvalue weighted by Gasteiger charge is -1.94. The lowest BCUT2D eigenvalue weighted by Crippen LogP contribution is -1.81. The molecule has 0 unspecified atom stereocenters. The summed E-state index contributed by atoms with van der Waals surface area (Å²) in [4.78, 5) is 17.4. The Morgan fingerprint density at radius 2 is 2.33 bits per heavy atom. The van der Waals surface area contributed by atoms with Gasteiger partial charge in [-0.15, -0.1) is 0 Å². The Labute approximate surface area is 73.4 Å². The quantitative estimate of drug-likeness (QED) is 0.683. The van der Waals surface area contributed by atoms with Crippen molar-refractivity contribution in [2.24, 2.45) is 0 Å². The Morgan fingerprint density at radius 3 is 3.08 bits per heavy atom. The highest BCUT2D eigenvalue weighted by Gasteiger charge is 2.02. The molecule has 0 amide bonds. The molecule has 1 aromatic heterocycles. The maximum atomic E-state index is 10.5. The van der Waals surface area contributed by atoms with E-state index in [-0.39, 0.29) is 0 Å². The van der Waals surface area contributed by atoms with E-state index in [1.54, 1.807) is 18.5 Å². The average Bonchev–Trinajstić information content (AvgIpc) is 2.49. The molecule has 0 atom stereocenters. The minimum Gasteiger partial charge on any atom is -0.345 e. The van der Waals surface area contributed by atoms with Gasteiger partial charge in [-0.1, -0.05) is 11.6 Å². The molecule has 0 aliphatic heterocycles. The summed E-state index contributed by atoms with van der Waals surface area (Å²) in [5, 5.41) is 0.446. The van der Waals surface area contributed by atoms with Crippen molar-refractivity contribution in [3.8, 4) is 0 Å². The molecule has 0 spiro atoms. The lowest BCUT2D eigenvalue weighted by atomic mass is 10.2. The van der Waals surface area contributed by atoms with E-state index in [9.17, 15) is 4.79 Å². The van der Waals surface area contributed by atoms with Crippen LogP contribution in [-0.2, 0) is 0 Å². The van der Waals surface area contributed by atoms with Crippen molar-refractivity contribution < 1.29 is 4.79 Å². The molecular weight excluding hydrogens is 176 g/mol. The van der Waals surface area contributed by atoms with Gasteiger partial charge in [-0.25, -0.2) is 4.98 Å². The lowest BCUT2D eigenvalue weighted by molar-refractivity contribution is 0.112. The number of rotatable bonds is 1. The highest BCUT2D eigenvalue weighted by molar-refractivity contribution is 6.33. The smallest absolute Gasteiger partial charge is 0.151 e. The highest BCUT2D eigenvalue weighted by Crippen LogP contribution is 2.19. The van der Waals surface area contributed by atoms with Gasteiger partial charge in [0.05, 0.1) is 22.4 Å². The fraction of sp³-hybridized carbons (Fsp3) is 0. The van der Waals surface area contributed by atoms with Gasteiger partial charge < -0.3 is 4.98 Å². The number of carbonyl (C=O) groups is 1. The van der Waals surface area contributed by atoms with Crippen molar-refractivity contribution in [1.82, 2.24) is 9.97 Å². The SMILES string of the molecule is O=Cc1cc2nc[nH]c2cc1Cl. The van der Waals surface area contributed by atoms with Crippen LogP contribution in [-0.4, -0.2) is 16.3 Å². The molecule has 0 saturated carbocycles. The number of benzene rings is 1. The van der Waals surface area contributed by atoms with Crippen molar-refractivity contribution in [2.75, 3.05) is 0 Å². The number of carbonyl (C=O) groups excluding carboxylic acids is 1. The zero-order chi connectivity index (χ0) is 8.55. The Hall–Kier alpha value is -1.35. The first-order chi connectivity index (χ1) is 5.81. The molecule has 4 heteroatoms. The number of aldehydes is 1. The van der Waals surface area contributed by atoms with Crippen LogP contribution in [0.4, 0.5) is 0 Å². The fourth-order valence-corrected chi connectivity index (χ4v) is 1.27. The van der Waals surface area contributed by atoms with Crippen LogP contribution < -0.4 is 0 Å². The number of fused-ring (bicyclic) bond motifs is 1. The monoisotopic (exact) mass is 180 g/mol. The summed E-state index contributed by atoms with van der Waals surface area (Å²) in [5.41, 5.74) is 2.06. The van der Waals surface area contributed by atoms with Crippen LogP contribution in [0.25, 0.3) is 11.0 Å². The molecular formula is C8H5ClN2O. The molecule has 2 rings (SSSR count). The Balaban J connectivity index is 2.81. The largest absolute Gasteiger partial charge is 0.345 e. The highest BCUT2D eigenvalue weighted by atomic mass is 35.5. The van der Waals surface area contributed by atoms with Crippen molar-refractivity contribution in [3.05, 3.63) is 29.0 Å². The molecule has 1 N–H and O–H groups in total. The van der Waals surface area contributed by atoms with E-state index >= 15 is 0 Å². The molecule has 12 heavy (non-hydrogen) atoms. The van der Waals surface area contributed by atoms with E-state index < -0.39 is 0 Å². The zero-order valence-electron chi connectivity index (χ0n) is 6.04. The second-order valence-corrected chi connectivity index (χ2v) is 2.82. The van der Waals surface area contributed by atoms with Crippen molar-refractivity contribution in [3.63, 3.8) is 0 Å². The summed E-state index contributed by atoms with van der Waals surface area (Å²) in [6.45, 7) is 0. The van der Waals surface area contributed by atoms with Gasteiger partial charge in [-0.2, -0.15) is 0 Å². The predicted molar refractivity (Wildman–Crippen MR) is 46.5 cm³/mol. The predicted octanol–water partition coefficient (Wildman–Crippen LogP) is 2.03. The van der Waals surface area contributed by atoms with Gasteiger partial charge in [0.25, 0.3) is 0 Å². The molecule has 2 aromatic rings. The van der Waals surface area contributed by atoms with Gasteiger partial charge in [0.1, 0.15) is 0 Å². The molecule has 1 heterocycles. The number of halogens is 1. The number of aromatic nitrogens is 2. The number of aromatic amines is 1. The topological polar surface area (TPSA) is 45.8 Å². The Bertz CT molecular complexity index is 436. The van der Waals surface area contributed by atoms with Gasteiger partial charge in [-0.3, -0.25) is 4.79 Å². The van der Waals surface area contributed by atoms with E-state index in [1.165, 1.54) is 0 Å². The second kappa shape index (κ2) is 2.60. The first-order valence-corrected chi connectivity index (χ1v) is 3.77. The van der Waals surface area contributed by atoms with E-state index in [0.717, 1.165) is 17.3 Å². The summed E-state index contributed by atoms with van der Waals surface area (Å²) in [6, 6.07) is 3.34. The van der Waals surface area contributed by atoms with Crippen LogP contribution in [0.1, 0.15) is 10.4 Å². The molecule has 0 saturated heterocycles. The molecule has 0 bridgehead atoms. The molecule has 60 valence electrons. The van der Waals surface area contributed by atoms with Gasteiger partial charge in [-0.05, 0) is 12.1 Å². The second-order valence-electron chi connectivity index (χ2n) is 2.41. The molecule has 1 aromatic carbocycles. The summed E-state index contributed by atoms with van der Waals surface area (Å²) in [7, 11) is 0. The maximum absolute atomic E-state index is 10.5. The van der Waals surface area contributed by atoms with Crippen molar-refractivity contribution in [1.29, 1.82) is 0 Å². The number of H-pyrrole nitrogens is 1. The Morgan fingerprint density at radius 1 is 1.50 bits per heavy atom. The summed E-state index contributed by atoms with van der Waals surface area (Å²) >= 11 is 5.78. The average molecular weight is 181 g/mol. The molecule has 0 radical (unpaired) electrons. The third-order valence-corrected chi connectivity index (χ3v) is 1.99. The van der Waals surface area contributed by atoms with Gasteiger partial charge in [0, 0.05) is 5.56 Å². The Kier molecular flexibility index (Phi) is 1.59. The van der Waals surface area contributed by atoms with E-state index in [0.29, 0.717) is 10.6 Å². The number of hydrogen-bond donors (Lipinski definition) is 1. The minimum atomic E-state index is 0.446. The van der Waals surface area contributed by atoms with Gasteiger partial charge in [0.2, 0.25) is 0 Å². The summed E-state index contributed by atoms with van der Waals surface area (Å²) in [6.07, 6.45) is 2.28. The van der Waals surface area contributed by atoms with Crippen LogP contribution in [0.2, 0.25) is 5.02 Å². The molecule has 3 nitrogen and oxygen atoms in total. The summed E-state index contributed by atoms with van der Waals surface area (Å²) < 4.78 is 0. The fourth-order valence-electron chi connectivity index (χ4n) is 1.06.